The van der Waals surface area contributed by atoms with E-state index in [4.69, 9.17) is 9.40 Å². The summed E-state index contributed by atoms with van der Waals surface area (Å²) in [7, 11) is 0. The van der Waals surface area contributed by atoms with Gasteiger partial charge in [0, 0.05) is 47.5 Å². The topological polar surface area (TPSA) is 38.9 Å². The molecule has 4 aromatic heterocycles. The molecule has 3 aromatic carbocycles. The number of benzene rings is 3. The molecule has 0 bridgehead atoms. The van der Waals surface area contributed by atoms with Gasteiger partial charge in [-0.3, -0.25) is 0 Å². The van der Waals surface area contributed by atoms with Crippen molar-refractivity contribution in [2.24, 2.45) is 0 Å². The molecule has 0 amide bonds. The van der Waals surface area contributed by atoms with Gasteiger partial charge in [-0.05, 0) is 91.2 Å². The number of thiophene rings is 1. The van der Waals surface area contributed by atoms with Gasteiger partial charge >= 0.3 is 0 Å². The zero-order valence-corrected chi connectivity index (χ0v) is 30.6. The largest absolute Gasteiger partial charge is 0.501 e. The predicted octanol–water partition coefficient (Wildman–Crippen LogP) is 11.4. The monoisotopic (exact) mass is 787 g/mol. The summed E-state index contributed by atoms with van der Waals surface area (Å²) in [6, 6.07) is 25.6. The smallest absolute Gasteiger partial charge is 0.121 e. The number of furan rings is 1. The van der Waals surface area contributed by atoms with Gasteiger partial charge in [0.25, 0.3) is 0 Å². The molecule has 5 heteroatoms. The minimum absolute atomic E-state index is 0. The Morgan fingerprint density at radius 3 is 2.16 bits per heavy atom. The number of aryl methyl sites for hydroxylation is 6. The molecule has 3 nitrogen and oxygen atoms in total. The van der Waals surface area contributed by atoms with Crippen LogP contribution in [-0.4, -0.2) is 9.97 Å². The van der Waals surface area contributed by atoms with Crippen LogP contribution in [0.1, 0.15) is 59.0 Å². The summed E-state index contributed by atoms with van der Waals surface area (Å²) < 4.78 is 7.71. The maximum atomic E-state index is 6.40. The van der Waals surface area contributed by atoms with E-state index >= 15 is 0 Å². The summed E-state index contributed by atoms with van der Waals surface area (Å²) in [4.78, 5) is 10.5. The molecule has 7 rings (SSSR count). The van der Waals surface area contributed by atoms with Gasteiger partial charge in [-0.15, -0.1) is 64.9 Å². The number of fused-ring (bicyclic) bond motifs is 4. The van der Waals surface area contributed by atoms with E-state index < -0.39 is 0 Å². The Labute approximate surface area is 284 Å². The molecule has 45 heavy (non-hydrogen) atoms. The molecule has 0 unspecified atom stereocenters. The first-order chi connectivity index (χ1) is 20.9. The fourth-order valence-electron chi connectivity index (χ4n) is 5.67. The Balaban J connectivity index is 0.000000212. The van der Waals surface area contributed by atoms with E-state index in [1.165, 1.54) is 48.3 Å². The second-order valence-electron chi connectivity index (χ2n) is 12.9. The Hall–Kier alpha value is -3.63. The van der Waals surface area contributed by atoms with Gasteiger partial charge in [0.2, 0.25) is 0 Å². The van der Waals surface area contributed by atoms with Gasteiger partial charge in [0.05, 0.1) is 5.58 Å². The third kappa shape index (κ3) is 6.40. The average molecular weight is 787 g/mol. The van der Waals surface area contributed by atoms with Gasteiger partial charge in [0.1, 0.15) is 5.58 Å². The van der Waals surface area contributed by atoms with E-state index in [0.29, 0.717) is 0 Å². The van der Waals surface area contributed by atoms with Crippen molar-refractivity contribution in [3.05, 3.63) is 117 Å². The van der Waals surface area contributed by atoms with Crippen LogP contribution in [0.5, 0.6) is 0 Å². The first kappa shape index (κ1) is 32.8. The van der Waals surface area contributed by atoms with Crippen LogP contribution in [0, 0.1) is 53.7 Å². The van der Waals surface area contributed by atoms with Crippen LogP contribution < -0.4 is 0 Å². The van der Waals surface area contributed by atoms with Crippen molar-refractivity contribution in [3.63, 3.8) is 0 Å². The van der Waals surface area contributed by atoms with Gasteiger partial charge in [-0.2, -0.15) is 0 Å². The van der Waals surface area contributed by atoms with Gasteiger partial charge in [-0.1, -0.05) is 56.3 Å². The fraction of sp³-hybridized carbons (Fsp3) is 0.250. The molecule has 0 fully saturated rings. The molecular weight excluding hydrogens is 749 g/mol. The number of pyridine rings is 2. The molecule has 0 spiro atoms. The van der Waals surface area contributed by atoms with E-state index in [2.05, 4.69) is 122 Å². The van der Waals surface area contributed by atoms with Crippen LogP contribution in [0.25, 0.3) is 54.5 Å². The minimum atomic E-state index is 0. The van der Waals surface area contributed by atoms with Crippen molar-refractivity contribution in [2.75, 3.05) is 0 Å². The van der Waals surface area contributed by atoms with Gasteiger partial charge in [0.15, 0.2) is 0 Å². The Kier molecular flexibility index (Phi) is 9.20. The molecule has 0 saturated heterocycles. The van der Waals surface area contributed by atoms with Crippen LogP contribution in [0.2, 0.25) is 0 Å². The first-order valence-corrected chi connectivity index (χ1v) is 15.9. The van der Waals surface area contributed by atoms with Crippen LogP contribution in [0.4, 0.5) is 0 Å². The Morgan fingerprint density at radius 2 is 1.47 bits per heavy atom. The molecule has 0 atom stereocenters. The summed E-state index contributed by atoms with van der Waals surface area (Å²) in [5.41, 5.74) is 13.3. The zero-order chi connectivity index (χ0) is 31.3. The predicted molar refractivity (Wildman–Crippen MR) is 187 cm³/mol. The molecule has 7 aromatic rings. The van der Waals surface area contributed by atoms with Crippen molar-refractivity contribution < 1.29 is 24.5 Å². The Bertz CT molecular complexity index is 2160. The molecule has 4 heterocycles. The van der Waals surface area contributed by atoms with Crippen LogP contribution in [-0.2, 0) is 25.5 Å². The maximum Gasteiger partial charge on any atom is 0.121 e. The third-order valence-corrected chi connectivity index (χ3v) is 9.68. The summed E-state index contributed by atoms with van der Waals surface area (Å²) in [6.07, 6.45) is 3.88. The normalized spacial score (nSPS) is 11.5. The van der Waals surface area contributed by atoms with Crippen LogP contribution in [0.15, 0.2) is 71.4 Å². The number of nitrogens with zero attached hydrogens (tertiary/aromatic N) is 2. The summed E-state index contributed by atoms with van der Waals surface area (Å²) in [6.45, 7) is 19.5. The zero-order valence-electron chi connectivity index (χ0n) is 27.4. The van der Waals surface area contributed by atoms with E-state index in [1.54, 1.807) is 0 Å². The van der Waals surface area contributed by atoms with E-state index in [0.717, 1.165) is 44.5 Å². The van der Waals surface area contributed by atoms with Crippen LogP contribution in [0.3, 0.4) is 0 Å². The molecular formula is C40H38IrN2OS-2. The minimum Gasteiger partial charge on any atom is -0.501 e. The van der Waals surface area contributed by atoms with E-state index in [9.17, 15) is 0 Å². The maximum absolute atomic E-state index is 6.40. The summed E-state index contributed by atoms with van der Waals surface area (Å²) in [5, 5.41) is 3.57. The molecule has 0 saturated carbocycles. The number of aromatic nitrogens is 2. The number of hydrogen-bond donors (Lipinski definition) is 0. The van der Waals surface area contributed by atoms with Gasteiger partial charge < -0.3 is 14.4 Å². The first-order valence-electron chi connectivity index (χ1n) is 15.1. The quantitative estimate of drug-likeness (QED) is 0.164. The van der Waals surface area contributed by atoms with Crippen molar-refractivity contribution in [1.29, 1.82) is 0 Å². The Morgan fingerprint density at radius 1 is 0.733 bits per heavy atom. The molecule has 0 N–H and O–H groups in total. The van der Waals surface area contributed by atoms with Crippen molar-refractivity contribution >= 4 is 43.4 Å². The summed E-state index contributed by atoms with van der Waals surface area (Å²) in [5.74, 6) is 0. The number of hydrogen-bond acceptors (Lipinski definition) is 4. The van der Waals surface area contributed by atoms with Crippen LogP contribution >= 0.6 is 11.3 Å². The van der Waals surface area contributed by atoms with Crippen molar-refractivity contribution in [3.8, 4) is 22.5 Å². The molecule has 0 aliphatic carbocycles. The molecule has 0 aliphatic heterocycles. The third-order valence-electron chi connectivity index (χ3n) is 8.51. The van der Waals surface area contributed by atoms with E-state index in [-0.39, 0.29) is 25.5 Å². The SMILES string of the molecule is Cc1c[c-]c(-c2cc(C)c(C)cn2)cc1.Cc1cnc(-c2[c-]ccc3c2oc2cc4c(C)c(C)sc4cc23)cc1C(C)(C)C.[Ir]. The second kappa shape index (κ2) is 12.6. The summed E-state index contributed by atoms with van der Waals surface area (Å²) >= 11 is 1.85. The van der Waals surface area contributed by atoms with Crippen molar-refractivity contribution in [1.82, 2.24) is 9.97 Å². The number of rotatable bonds is 2. The van der Waals surface area contributed by atoms with E-state index in [1.807, 2.05) is 35.9 Å². The molecule has 1 radical (unpaired) electrons. The van der Waals surface area contributed by atoms with Gasteiger partial charge in [-0.25, -0.2) is 0 Å². The molecule has 0 aliphatic rings. The molecule has 231 valence electrons. The average Bonchev–Trinajstić information content (AvgIpc) is 3.49. The second-order valence-corrected chi connectivity index (χ2v) is 14.1. The fourth-order valence-corrected chi connectivity index (χ4v) is 6.76. The standard InChI is InChI=1S/C26H24NOS.C14H14N.Ir/c1-14-13-27-22(12-21(14)26(4,5)6)18-9-7-8-17-20-11-24-19(15(2)16(3)29-24)10-23(20)28-25(17)18;1-10-4-6-13(7-5-10)14-8-11(2)12(3)9-15-14;/h7-8,10-13H,1-6H3;4-6,8-9H,1-3H3;/q2*-1;. The van der Waals surface area contributed by atoms with Crippen molar-refractivity contribution in [2.45, 2.75) is 67.7 Å².